The van der Waals surface area contributed by atoms with Gasteiger partial charge in [-0.1, -0.05) is 6.07 Å². The largest absolute Gasteiger partial charge is 0.506 e. The molecular weight excluding hydrogens is 202 g/mol. The number of hydrogen-bond donors (Lipinski definition) is 1. The lowest BCUT2D eigenvalue weighted by Crippen LogP contribution is -1.91. The summed E-state index contributed by atoms with van der Waals surface area (Å²) in [5.74, 6) is 0.0438. The first-order chi connectivity index (χ1) is 6.70. The van der Waals surface area contributed by atoms with E-state index < -0.39 is 5.24 Å². The van der Waals surface area contributed by atoms with E-state index >= 15 is 0 Å². The van der Waals surface area contributed by atoms with Gasteiger partial charge in [0.1, 0.15) is 11.3 Å². The molecule has 0 radical (unpaired) electrons. The van der Waals surface area contributed by atoms with Gasteiger partial charge < -0.3 is 5.11 Å². The predicted molar refractivity (Wildman–Crippen MR) is 53.6 cm³/mol. The van der Waals surface area contributed by atoms with Crippen LogP contribution >= 0.6 is 11.6 Å². The average Bonchev–Trinajstić information content (AvgIpc) is 2.18. The normalized spacial score (nSPS) is 10.4. The second-order valence-corrected chi connectivity index (χ2v) is 3.15. The molecule has 1 N–H and O–H groups in total. The van der Waals surface area contributed by atoms with Crippen LogP contribution in [0, 0.1) is 0 Å². The number of rotatable bonds is 1. The number of aromatic nitrogens is 1. The molecule has 3 nitrogen and oxygen atoms in total. The van der Waals surface area contributed by atoms with Gasteiger partial charge in [0, 0.05) is 17.1 Å². The number of phenols is 1. The molecule has 1 heterocycles. The van der Waals surface area contributed by atoms with Crippen LogP contribution in [-0.4, -0.2) is 15.3 Å². The highest BCUT2D eigenvalue weighted by Crippen LogP contribution is 2.26. The second-order valence-electron chi connectivity index (χ2n) is 2.81. The Labute approximate surface area is 85.0 Å². The number of fused-ring (bicyclic) bond motifs is 1. The van der Waals surface area contributed by atoms with Gasteiger partial charge >= 0.3 is 0 Å². The molecular formula is C10H6ClNO2. The summed E-state index contributed by atoms with van der Waals surface area (Å²) in [5, 5.41) is 9.47. The third-order valence-electron chi connectivity index (χ3n) is 1.96. The molecule has 1 aromatic heterocycles. The highest BCUT2D eigenvalue weighted by atomic mass is 35.5. The van der Waals surface area contributed by atoms with Crippen molar-refractivity contribution in [2.45, 2.75) is 0 Å². The number of halogens is 1. The SMILES string of the molecule is O=C(Cl)c1ccc(O)c2ncccc12. The molecule has 2 rings (SSSR count). The van der Waals surface area contributed by atoms with Crippen molar-refractivity contribution >= 4 is 27.7 Å². The molecule has 70 valence electrons. The van der Waals surface area contributed by atoms with Crippen LogP contribution < -0.4 is 0 Å². The molecule has 0 amide bonds. The molecule has 0 aliphatic heterocycles. The van der Waals surface area contributed by atoms with E-state index in [0.717, 1.165) is 0 Å². The van der Waals surface area contributed by atoms with E-state index in [-0.39, 0.29) is 5.75 Å². The molecule has 2 aromatic rings. The van der Waals surface area contributed by atoms with E-state index in [1.807, 2.05) is 0 Å². The van der Waals surface area contributed by atoms with Gasteiger partial charge in [-0.3, -0.25) is 9.78 Å². The number of aromatic hydroxyl groups is 1. The standard InChI is InChI=1S/C10H6ClNO2/c11-10(14)7-3-4-8(13)9-6(7)2-1-5-12-9/h1-5,13H. The maximum absolute atomic E-state index is 11.0. The Kier molecular flexibility index (Phi) is 2.09. The first-order valence-electron chi connectivity index (χ1n) is 3.96. The number of benzene rings is 1. The topological polar surface area (TPSA) is 50.2 Å². The Morgan fingerprint density at radius 1 is 1.36 bits per heavy atom. The fraction of sp³-hybridized carbons (Fsp3) is 0. The van der Waals surface area contributed by atoms with Crippen molar-refractivity contribution in [3.8, 4) is 5.75 Å². The van der Waals surface area contributed by atoms with Crippen molar-refractivity contribution in [2.24, 2.45) is 0 Å². The summed E-state index contributed by atoms with van der Waals surface area (Å²) in [5.41, 5.74) is 0.742. The Morgan fingerprint density at radius 2 is 2.14 bits per heavy atom. The van der Waals surface area contributed by atoms with Gasteiger partial charge in [-0.2, -0.15) is 0 Å². The molecule has 0 fully saturated rings. The molecule has 1 aromatic carbocycles. The quantitative estimate of drug-likeness (QED) is 0.731. The van der Waals surface area contributed by atoms with E-state index in [0.29, 0.717) is 16.5 Å². The van der Waals surface area contributed by atoms with Crippen molar-refractivity contribution in [3.05, 3.63) is 36.0 Å². The van der Waals surface area contributed by atoms with Crippen LogP contribution in [0.25, 0.3) is 10.9 Å². The van der Waals surface area contributed by atoms with Crippen molar-refractivity contribution in [1.82, 2.24) is 4.98 Å². The molecule has 0 unspecified atom stereocenters. The Bertz CT molecular complexity index is 510. The smallest absolute Gasteiger partial charge is 0.253 e. The number of phenolic OH excluding ortho intramolecular Hbond substituents is 1. The third-order valence-corrected chi connectivity index (χ3v) is 2.16. The van der Waals surface area contributed by atoms with Crippen LogP contribution in [0.5, 0.6) is 5.75 Å². The maximum atomic E-state index is 11.0. The summed E-state index contributed by atoms with van der Waals surface area (Å²) in [6.45, 7) is 0. The highest BCUT2D eigenvalue weighted by molar-refractivity contribution is 6.68. The van der Waals surface area contributed by atoms with E-state index in [2.05, 4.69) is 4.98 Å². The Morgan fingerprint density at radius 3 is 2.86 bits per heavy atom. The van der Waals surface area contributed by atoms with Gasteiger partial charge in [0.05, 0.1) is 0 Å². The second kappa shape index (κ2) is 3.27. The molecule has 0 aliphatic carbocycles. The lowest BCUT2D eigenvalue weighted by molar-refractivity contribution is 0.108. The van der Waals surface area contributed by atoms with Crippen LogP contribution in [0.4, 0.5) is 0 Å². The van der Waals surface area contributed by atoms with Crippen molar-refractivity contribution in [2.75, 3.05) is 0 Å². The van der Waals surface area contributed by atoms with Crippen molar-refractivity contribution in [3.63, 3.8) is 0 Å². The number of pyridine rings is 1. The minimum absolute atomic E-state index is 0.0438. The predicted octanol–water partition coefficient (Wildman–Crippen LogP) is 2.32. The van der Waals surface area contributed by atoms with Gasteiger partial charge in [-0.15, -0.1) is 0 Å². The van der Waals surface area contributed by atoms with Crippen LogP contribution in [0.2, 0.25) is 0 Å². The minimum Gasteiger partial charge on any atom is -0.506 e. The summed E-state index contributed by atoms with van der Waals surface area (Å²) in [7, 11) is 0. The van der Waals surface area contributed by atoms with Gasteiger partial charge in [0.2, 0.25) is 0 Å². The monoisotopic (exact) mass is 207 g/mol. The van der Waals surface area contributed by atoms with E-state index in [9.17, 15) is 9.90 Å². The molecule has 4 heteroatoms. The van der Waals surface area contributed by atoms with E-state index in [1.54, 1.807) is 18.3 Å². The number of nitrogens with zero attached hydrogens (tertiary/aromatic N) is 1. The number of hydrogen-bond acceptors (Lipinski definition) is 3. The highest BCUT2D eigenvalue weighted by Gasteiger charge is 2.09. The molecule has 0 spiro atoms. The van der Waals surface area contributed by atoms with Crippen molar-refractivity contribution in [1.29, 1.82) is 0 Å². The Balaban J connectivity index is 2.88. The Hall–Kier alpha value is -1.61. The first-order valence-corrected chi connectivity index (χ1v) is 4.34. The molecule has 0 saturated heterocycles. The fourth-order valence-electron chi connectivity index (χ4n) is 1.33. The molecule has 0 atom stereocenters. The molecule has 14 heavy (non-hydrogen) atoms. The summed E-state index contributed by atoms with van der Waals surface area (Å²) in [6, 6.07) is 6.27. The van der Waals surface area contributed by atoms with Crippen LogP contribution in [0.3, 0.4) is 0 Å². The summed E-state index contributed by atoms with van der Waals surface area (Å²) in [6.07, 6.45) is 1.55. The number of carbonyl (C=O) groups is 1. The number of carbonyl (C=O) groups excluding carboxylic acids is 1. The van der Waals surface area contributed by atoms with Gasteiger partial charge in [0.15, 0.2) is 0 Å². The summed E-state index contributed by atoms with van der Waals surface area (Å²) < 4.78 is 0. The van der Waals surface area contributed by atoms with Crippen LogP contribution in [-0.2, 0) is 0 Å². The zero-order chi connectivity index (χ0) is 10.1. The average molecular weight is 208 g/mol. The molecule has 0 bridgehead atoms. The lowest BCUT2D eigenvalue weighted by atomic mass is 10.1. The third kappa shape index (κ3) is 1.32. The lowest BCUT2D eigenvalue weighted by Gasteiger charge is -2.02. The first kappa shape index (κ1) is 8.97. The zero-order valence-corrected chi connectivity index (χ0v) is 7.82. The summed E-state index contributed by atoms with van der Waals surface area (Å²) in [4.78, 5) is 15.0. The van der Waals surface area contributed by atoms with Gasteiger partial charge in [0.25, 0.3) is 5.24 Å². The zero-order valence-electron chi connectivity index (χ0n) is 7.07. The van der Waals surface area contributed by atoms with Gasteiger partial charge in [-0.25, -0.2) is 0 Å². The minimum atomic E-state index is -0.553. The van der Waals surface area contributed by atoms with E-state index in [4.69, 9.17) is 11.6 Å². The van der Waals surface area contributed by atoms with E-state index in [1.165, 1.54) is 12.1 Å². The summed E-state index contributed by atoms with van der Waals surface area (Å²) >= 11 is 5.39. The molecule has 0 aliphatic rings. The molecule has 0 saturated carbocycles. The van der Waals surface area contributed by atoms with Gasteiger partial charge in [-0.05, 0) is 29.8 Å². The van der Waals surface area contributed by atoms with Crippen molar-refractivity contribution < 1.29 is 9.90 Å². The van der Waals surface area contributed by atoms with Crippen LogP contribution in [0.1, 0.15) is 10.4 Å². The maximum Gasteiger partial charge on any atom is 0.253 e. The van der Waals surface area contributed by atoms with Crippen LogP contribution in [0.15, 0.2) is 30.5 Å². The fourth-order valence-corrected chi connectivity index (χ4v) is 1.49.